The second-order valence-electron chi connectivity index (χ2n) is 6.54. The molecule has 8 heteroatoms. The highest BCUT2D eigenvalue weighted by Crippen LogP contribution is 2.29. The molecule has 0 saturated carbocycles. The lowest BCUT2D eigenvalue weighted by Crippen LogP contribution is -2.49. The predicted octanol–water partition coefficient (Wildman–Crippen LogP) is 3.00. The quantitative estimate of drug-likeness (QED) is 0.599. The molecule has 0 spiro atoms. The second-order valence-corrected chi connectivity index (χ2v) is 8.22. The smallest absolute Gasteiger partial charge is 0.410 e. The van der Waals surface area contributed by atoms with E-state index in [-0.39, 0.29) is 17.7 Å². The minimum atomic E-state index is -0.892. The molecule has 1 N–H and O–H groups in total. The van der Waals surface area contributed by atoms with Crippen LogP contribution >= 0.6 is 27.3 Å². The SMILES string of the molecule is CC(C)(C)OC(=O)N1CCOC(C(O)c2ccc(C(=O)CBr)s2)C1. The molecule has 6 nitrogen and oxygen atoms in total. The van der Waals surface area contributed by atoms with Gasteiger partial charge in [-0.15, -0.1) is 11.3 Å². The summed E-state index contributed by atoms with van der Waals surface area (Å²) in [7, 11) is 0. The average Bonchev–Trinajstić information content (AvgIpc) is 3.02. The van der Waals surface area contributed by atoms with E-state index in [2.05, 4.69) is 15.9 Å². The van der Waals surface area contributed by atoms with Crippen LogP contribution in [0.1, 0.15) is 41.4 Å². The summed E-state index contributed by atoms with van der Waals surface area (Å²) in [4.78, 5) is 26.6. The molecule has 1 saturated heterocycles. The van der Waals surface area contributed by atoms with E-state index in [9.17, 15) is 14.7 Å². The van der Waals surface area contributed by atoms with Gasteiger partial charge in [-0.05, 0) is 32.9 Å². The zero-order chi connectivity index (χ0) is 17.9. The van der Waals surface area contributed by atoms with Gasteiger partial charge >= 0.3 is 6.09 Å². The van der Waals surface area contributed by atoms with E-state index in [1.165, 1.54) is 11.3 Å². The molecule has 0 aromatic carbocycles. The van der Waals surface area contributed by atoms with Crippen molar-refractivity contribution in [3.8, 4) is 0 Å². The van der Waals surface area contributed by atoms with E-state index in [0.29, 0.717) is 22.9 Å². The van der Waals surface area contributed by atoms with E-state index < -0.39 is 23.9 Å². The number of halogens is 1. The first-order valence-electron chi connectivity index (χ1n) is 7.68. The van der Waals surface area contributed by atoms with Gasteiger partial charge in [0.15, 0.2) is 5.78 Å². The average molecular weight is 420 g/mol. The number of amides is 1. The Hall–Kier alpha value is -0.960. The maximum Gasteiger partial charge on any atom is 0.410 e. The third-order valence-electron chi connectivity index (χ3n) is 3.41. The van der Waals surface area contributed by atoms with E-state index in [1.54, 1.807) is 17.0 Å². The number of alkyl halides is 1. The lowest BCUT2D eigenvalue weighted by molar-refractivity contribution is -0.0898. The van der Waals surface area contributed by atoms with Gasteiger partial charge in [-0.2, -0.15) is 0 Å². The molecule has 1 aromatic heterocycles. The number of carbonyl (C=O) groups excluding carboxylic acids is 2. The first kappa shape index (κ1) is 19.4. The fourth-order valence-corrected chi connectivity index (χ4v) is 3.74. The Kier molecular flexibility index (Phi) is 6.41. The van der Waals surface area contributed by atoms with E-state index in [4.69, 9.17) is 9.47 Å². The number of morpholine rings is 1. The van der Waals surface area contributed by atoms with Gasteiger partial charge in [0.1, 0.15) is 17.8 Å². The Morgan fingerprint density at radius 3 is 2.83 bits per heavy atom. The molecule has 1 aromatic rings. The van der Waals surface area contributed by atoms with Gasteiger partial charge in [-0.25, -0.2) is 4.79 Å². The van der Waals surface area contributed by atoms with Gasteiger partial charge in [0.2, 0.25) is 0 Å². The minimum Gasteiger partial charge on any atom is -0.444 e. The number of hydrogen-bond donors (Lipinski definition) is 1. The first-order valence-corrected chi connectivity index (χ1v) is 9.61. The highest BCUT2D eigenvalue weighted by molar-refractivity contribution is 9.09. The monoisotopic (exact) mass is 419 g/mol. The standard InChI is InChI=1S/C16H22BrNO5S/c1-16(2,3)23-15(21)18-6-7-22-11(9-18)14(20)13-5-4-12(24-13)10(19)8-17/h4-5,11,14,20H,6-9H2,1-3H3. The summed E-state index contributed by atoms with van der Waals surface area (Å²) in [6.07, 6.45) is -1.85. The van der Waals surface area contributed by atoms with Gasteiger partial charge < -0.3 is 19.5 Å². The van der Waals surface area contributed by atoms with Crippen molar-refractivity contribution in [3.05, 3.63) is 21.9 Å². The van der Waals surface area contributed by atoms with Crippen LogP contribution in [0.3, 0.4) is 0 Å². The number of rotatable bonds is 4. The number of thiophene rings is 1. The molecule has 0 aliphatic carbocycles. The van der Waals surface area contributed by atoms with E-state index in [1.807, 2.05) is 20.8 Å². The summed E-state index contributed by atoms with van der Waals surface area (Å²) in [5, 5.41) is 10.8. The number of aliphatic hydroxyl groups excluding tert-OH is 1. The molecule has 2 heterocycles. The molecule has 1 aliphatic rings. The lowest BCUT2D eigenvalue weighted by Gasteiger charge is -2.35. The third kappa shape index (κ3) is 5.02. The molecule has 1 fully saturated rings. The Morgan fingerprint density at radius 2 is 2.21 bits per heavy atom. The number of ketones is 1. The normalized spacial score (nSPS) is 19.9. The maximum atomic E-state index is 12.2. The highest BCUT2D eigenvalue weighted by atomic mass is 79.9. The van der Waals surface area contributed by atoms with Crippen LogP contribution < -0.4 is 0 Å². The number of Topliss-reactive ketones (excluding diaryl/α,β-unsaturated/α-hetero) is 1. The predicted molar refractivity (Wildman–Crippen MR) is 95.0 cm³/mol. The van der Waals surface area contributed by atoms with Crippen LogP contribution in [0, 0.1) is 0 Å². The fourth-order valence-electron chi connectivity index (χ4n) is 2.27. The summed E-state index contributed by atoms with van der Waals surface area (Å²) >= 11 is 4.38. The van der Waals surface area contributed by atoms with Crippen LogP contribution in [0.2, 0.25) is 0 Å². The van der Waals surface area contributed by atoms with Crippen molar-refractivity contribution in [3.63, 3.8) is 0 Å². The number of carbonyl (C=O) groups is 2. The molecule has 1 amide bonds. The molecule has 2 rings (SSSR count). The molecule has 0 radical (unpaired) electrons. The Morgan fingerprint density at radius 1 is 1.50 bits per heavy atom. The first-order chi connectivity index (χ1) is 11.2. The summed E-state index contributed by atoms with van der Waals surface area (Å²) in [6.45, 7) is 6.44. The molecule has 0 bridgehead atoms. The number of hydrogen-bond acceptors (Lipinski definition) is 6. The van der Waals surface area contributed by atoms with Crippen molar-refractivity contribution in [1.82, 2.24) is 4.90 Å². The fraction of sp³-hybridized carbons (Fsp3) is 0.625. The van der Waals surface area contributed by atoms with Crippen LogP contribution in [-0.2, 0) is 9.47 Å². The van der Waals surface area contributed by atoms with Crippen molar-refractivity contribution in [2.75, 3.05) is 25.0 Å². The Bertz CT molecular complexity index is 598. The Balaban J connectivity index is 2.02. The van der Waals surface area contributed by atoms with Crippen molar-refractivity contribution in [2.24, 2.45) is 0 Å². The van der Waals surface area contributed by atoms with Gasteiger partial charge in [-0.1, -0.05) is 15.9 Å². The molecular weight excluding hydrogens is 398 g/mol. The number of aliphatic hydroxyl groups is 1. The molecule has 24 heavy (non-hydrogen) atoms. The van der Waals surface area contributed by atoms with Gasteiger partial charge in [0.25, 0.3) is 0 Å². The topological polar surface area (TPSA) is 76.1 Å². The summed E-state index contributed by atoms with van der Waals surface area (Å²) in [6, 6.07) is 3.42. The van der Waals surface area contributed by atoms with Crippen LogP contribution in [0.5, 0.6) is 0 Å². The highest BCUT2D eigenvalue weighted by Gasteiger charge is 2.33. The zero-order valence-corrected chi connectivity index (χ0v) is 16.4. The zero-order valence-electron chi connectivity index (χ0n) is 14.0. The summed E-state index contributed by atoms with van der Waals surface area (Å²) < 4.78 is 11.0. The third-order valence-corrected chi connectivity index (χ3v) is 5.12. The molecule has 134 valence electrons. The molecule has 2 unspecified atom stereocenters. The van der Waals surface area contributed by atoms with Crippen LogP contribution in [-0.4, -0.2) is 58.6 Å². The summed E-state index contributed by atoms with van der Waals surface area (Å²) in [5.41, 5.74) is -0.567. The number of nitrogens with zero attached hydrogens (tertiary/aromatic N) is 1. The maximum absolute atomic E-state index is 12.2. The van der Waals surface area contributed by atoms with Crippen LogP contribution in [0.4, 0.5) is 4.79 Å². The Labute approximate surface area is 153 Å². The van der Waals surface area contributed by atoms with Crippen molar-refractivity contribution < 1.29 is 24.2 Å². The minimum absolute atomic E-state index is 0.0293. The lowest BCUT2D eigenvalue weighted by atomic mass is 10.1. The molecule has 1 aliphatic heterocycles. The van der Waals surface area contributed by atoms with Crippen LogP contribution in [0.15, 0.2) is 12.1 Å². The van der Waals surface area contributed by atoms with Crippen molar-refractivity contribution in [1.29, 1.82) is 0 Å². The summed E-state index contributed by atoms with van der Waals surface area (Å²) in [5.74, 6) is -0.0293. The van der Waals surface area contributed by atoms with Crippen molar-refractivity contribution >= 4 is 39.1 Å². The molecular formula is C16H22BrNO5S. The van der Waals surface area contributed by atoms with Crippen LogP contribution in [0.25, 0.3) is 0 Å². The van der Waals surface area contributed by atoms with E-state index in [0.717, 1.165) is 0 Å². The largest absolute Gasteiger partial charge is 0.444 e. The number of ether oxygens (including phenoxy) is 2. The van der Waals surface area contributed by atoms with Gasteiger partial charge in [0, 0.05) is 11.4 Å². The second kappa shape index (κ2) is 7.95. The van der Waals surface area contributed by atoms with Crippen molar-refractivity contribution in [2.45, 2.75) is 38.6 Å². The molecule has 2 atom stereocenters. The van der Waals surface area contributed by atoms with Gasteiger partial charge in [0.05, 0.1) is 23.4 Å². The van der Waals surface area contributed by atoms with Gasteiger partial charge in [-0.3, -0.25) is 4.79 Å². The van der Waals surface area contributed by atoms with E-state index >= 15 is 0 Å².